The Labute approximate surface area is 99.3 Å². The van der Waals surface area contributed by atoms with Crippen LogP contribution in [0.2, 0.25) is 5.02 Å². The standard InChI is InChI=1S/C12H14ClFNO/c1-12(2)7-16-11(15(12)3)8-5-4-6-9(14)10(8)13/h4-6H,7H2,1-3H3/q+1. The normalized spacial score (nSPS) is 18.8. The maximum absolute atomic E-state index is 13.3. The zero-order chi connectivity index (χ0) is 11.9. The van der Waals surface area contributed by atoms with Crippen LogP contribution in [0.4, 0.5) is 4.39 Å². The lowest BCUT2D eigenvalue weighted by Crippen LogP contribution is -2.33. The molecule has 2 nitrogen and oxygen atoms in total. The molecular formula is C12H14ClFNO+. The number of ether oxygens (including phenoxy) is 1. The lowest BCUT2D eigenvalue weighted by Gasteiger charge is -2.09. The molecule has 0 fully saturated rings. The van der Waals surface area contributed by atoms with Gasteiger partial charge >= 0.3 is 5.90 Å². The van der Waals surface area contributed by atoms with Gasteiger partial charge in [-0.15, -0.1) is 0 Å². The maximum atomic E-state index is 13.3. The SMILES string of the molecule is C[N+]1=C(c2cccc(F)c2Cl)OCC1(C)C. The van der Waals surface area contributed by atoms with E-state index >= 15 is 0 Å². The van der Waals surface area contributed by atoms with Crippen molar-refractivity contribution in [1.29, 1.82) is 0 Å². The highest BCUT2D eigenvalue weighted by Gasteiger charge is 2.41. The lowest BCUT2D eigenvalue weighted by atomic mass is 10.1. The summed E-state index contributed by atoms with van der Waals surface area (Å²) in [7, 11) is 1.92. The molecule has 16 heavy (non-hydrogen) atoms. The molecule has 1 aliphatic heterocycles. The first-order valence-corrected chi connectivity index (χ1v) is 5.49. The van der Waals surface area contributed by atoms with Crippen LogP contribution in [0.15, 0.2) is 18.2 Å². The molecule has 0 spiro atoms. The first-order valence-electron chi connectivity index (χ1n) is 5.11. The number of hydrogen-bond donors (Lipinski definition) is 0. The van der Waals surface area contributed by atoms with Gasteiger partial charge in [0.15, 0.2) is 12.1 Å². The van der Waals surface area contributed by atoms with Gasteiger partial charge in [0, 0.05) is 13.8 Å². The quantitative estimate of drug-likeness (QED) is 0.690. The monoisotopic (exact) mass is 242 g/mol. The summed E-state index contributed by atoms with van der Waals surface area (Å²) in [5, 5.41) is 0.113. The van der Waals surface area contributed by atoms with Crippen LogP contribution in [0.5, 0.6) is 0 Å². The number of nitrogens with zero attached hydrogens (tertiary/aromatic N) is 1. The van der Waals surface area contributed by atoms with E-state index in [2.05, 4.69) is 13.8 Å². The second-order valence-corrected chi connectivity index (χ2v) is 4.94. The lowest BCUT2D eigenvalue weighted by molar-refractivity contribution is -0.562. The zero-order valence-corrected chi connectivity index (χ0v) is 10.3. The predicted molar refractivity (Wildman–Crippen MR) is 61.7 cm³/mol. The Balaban J connectivity index is 2.55. The average Bonchev–Trinajstić information content (AvgIpc) is 2.48. The Bertz CT molecular complexity index is 468. The Hall–Kier alpha value is -1.09. The van der Waals surface area contributed by atoms with Crippen molar-refractivity contribution in [2.75, 3.05) is 13.7 Å². The molecule has 0 N–H and O–H groups in total. The van der Waals surface area contributed by atoms with Crippen LogP contribution in [-0.2, 0) is 4.74 Å². The van der Waals surface area contributed by atoms with Crippen molar-refractivity contribution >= 4 is 17.5 Å². The average molecular weight is 243 g/mol. The van der Waals surface area contributed by atoms with Crippen molar-refractivity contribution in [3.63, 3.8) is 0 Å². The fraction of sp³-hybridized carbons (Fsp3) is 0.417. The molecule has 0 amide bonds. The third kappa shape index (κ3) is 1.69. The zero-order valence-electron chi connectivity index (χ0n) is 9.55. The van der Waals surface area contributed by atoms with Gasteiger partial charge in [0.1, 0.15) is 18.4 Å². The van der Waals surface area contributed by atoms with Crippen LogP contribution in [0, 0.1) is 5.82 Å². The van der Waals surface area contributed by atoms with E-state index in [1.165, 1.54) is 6.07 Å². The summed E-state index contributed by atoms with van der Waals surface area (Å²) in [6.07, 6.45) is 0. The fourth-order valence-electron chi connectivity index (χ4n) is 1.64. The fourth-order valence-corrected chi connectivity index (χ4v) is 1.85. The molecule has 4 heteroatoms. The van der Waals surface area contributed by atoms with Crippen molar-refractivity contribution in [2.45, 2.75) is 19.4 Å². The molecule has 0 aliphatic carbocycles. The van der Waals surface area contributed by atoms with Gasteiger partial charge in [0.2, 0.25) is 0 Å². The summed E-state index contributed by atoms with van der Waals surface area (Å²) >= 11 is 5.93. The molecule has 1 aliphatic rings. The molecule has 0 atom stereocenters. The molecule has 0 aromatic heterocycles. The third-order valence-electron chi connectivity index (χ3n) is 2.96. The van der Waals surface area contributed by atoms with E-state index in [4.69, 9.17) is 16.3 Å². The molecule has 0 bridgehead atoms. The molecule has 2 rings (SSSR count). The molecule has 1 aromatic rings. The summed E-state index contributed by atoms with van der Waals surface area (Å²) in [5.41, 5.74) is 0.514. The summed E-state index contributed by atoms with van der Waals surface area (Å²) in [6.45, 7) is 4.70. The molecule has 1 heterocycles. The molecule has 0 saturated heterocycles. The first kappa shape index (κ1) is 11.4. The number of hydrogen-bond acceptors (Lipinski definition) is 1. The Morgan fingerprint density at radius 2 is 2.12 bits per heavy atom. The van der Waals surface area contributed by atoms with Crippen molar-refractivity contribution in [1.82, 2.24) is 0 Å². The second-order valence-electron chi connectivity index (χ2n) is 4.57. The van der Waals surface area contributed by atoms with E-state index in [0.717, 1.165) is 0 Å². The van der Waals surface area contributed by atoms with E-state index in [9.17, 15) is 4.39 Å². The number of halogens is 2. The molecule has 0 saturated carbocycles. The predicted octanol–water partition coefficient (Wildman–Crippen LogP) is 2.68. The summed E-state index contributed by atoms with van der Waals surface area (Å²) in [4.78, 5) is 0. The van der Waals surface area contributed by atoms with Crippen molar-refractivity contribution in [3.05, 3.63) is 34.6 Å². The van der Waals surface area contributed by atoms with Crippen LogP contribution in [0.3, 0.4) is 0 Å². The minimum atomic E-state index is -0.423. The summed E-state index contributed by atoms with van der Waals surface area (Å²) in [6, 6.07) is 4.73. The Morgan fingerprint density at radius 1 is 1.44 bits per heavy atom. The second kappa shape index (κ2) is 3.74. The van der Waals surface area contributed by atoms with Crippen molar-refractivity contribution in [3.8, 4) is 0 Å². The highest BCUT2D eigenvalue weighted by molar-refractivity contribution is 6.33. The number of benzene rings is 1. The van der Waals surface area contributed by atoms with E-state index < -0.39 is 5.82 Å². The van der Waals surface area contributed by atoms with Gasteiger partial charge in [-0.25, -0.2) is 4.39 Å². The van der Waals surface area contributed by atoms with Crippen molar-refractivity contribution in [2.24, 2.45) is 0 Å². The van der Waals surface area contributed by atoms with Crippen LogP contribution in [-0.4, -0.2) is 29.7 Å². The van der Waals surface area contributed by atoms with Gasteiger partial charge in [0.25, 0.3) is 0 Å². The van der Waals surface area contributed by atoms with Gasteiger partial charge in [-0.3, -0.25) is 0 Å². The Morgan fingerprint density at radius 3 is 2.69 bits per heavy atom. The van der Waals surface area contributed by atoms with Gasteiger partial charge in [-0.1, -0.05) is 17.7 Å². The third-order valence-corrected chi connectivity index (χ3v) is 3.34. The highest BCUT2D eigenvalue weighted by Crippen LogP contribution is 2.25. The van der Waals surface area contributed by atoms with E-state index in [-0.39, 0.29) is 10.6 Å². The molecule has 0 radical (unpaired) electrons. The summed E-state index contributed by atoms with van der Waals surface area (Å²) in [5.74, 6) is 0.211. The molecule has 0 unspecified atom stereocenters. The Kier molecular flexibility index (Phi) is 2.66. The highest BCUT2D eigenvalue weighted by atomic mass is 35.5. The summed E-state index contributed by atoms with van der Waals surface area (Å²) < 4.78 is 20.9. The van der Waals surface area contributed by atoms with E-state index in [0.29, 0.717) is 18.1 Å². The number of rotatable bonds is 1. The van der Waals surface area contributed by atoms with Crippen LogP contribution < -0.4 is 0 Å². The van der Waals surface area contributed by atoms with Crippen molar-refractivity contribution < 1.29 is 13.7 Å². The minimum absolute atomic E-state index is 0.0923. The van der Waals surface area contributed by atoms with Gasteiger partial charge < -0.3 is 4.74 Å². The minimum Gasteiger partial charge on any atom is -0.437 e. The molecule has 86 valence electrons. The van der Waals surface area contributed by atoms with E-state index in [1.54, 1.807) is 12.1 Å². The molecular weight excluding hydrogens is 229 g/mol. The maximum Gasteiger partial charge on any atom is 0.372 e. The van der Waals surface area contributed by atoms with Gasteiger partial charge in [-0.2, -0.15) is 4.58 Å². The van der Waals surface area contributed by atoms with E-state index in [1.807, 2.05) is 11.6 Å². The first-order chi connectivity index (χ1) is 7.43. The molecule has 1 aromatic carbocycles. The largest absolute Gasteiger partial charge is 0.437 e. The van der Waals surface area contributed by atoms with Crippen LogP contribution >= 0.6 is 11.6 Å². The van der Waals surface area contributed by atoms with Crippen LogP contribution in [0.25, 0.3) is 0 Å². The van der Waals surface area contributed by atoms with Gasteiger partial charge in [-0.05, 0) is 12.1 Å². The topological polar surface area (TPSA) is 12.2 Å². The van der Waals surface area contributed by atoms with Crippen LogP contribution in [0.1, 0.15) is 19.4 Å². The smallest absolute Gasteiger partial charge is 0.372 e. The van der Waals surface area contributed by atoms with Gasteiger partial charge in [0.05, 0.1) is 5.02 Å². The number of likely N-dealkylation sites (N-methyl/N-ethyl adjacent to an activating group) is 1.